The number of thiophene rings is 1. The number of hydrogen-bond acceptors (Lipinski definition) is 4. The first kappa shape index (κ1) is 15.1. The van der Waals surface area contributed by atoms with Gasteiger partial charge in [0.2, 0.25) is 5.91 Å². The summed E-state index contributed by atoms with van der Waals surface area (Å²) in [4.78, 5) is 24.0. The van der Waals surface area contributed by atoms with E-state index in [0.29, 0.717) is 6.42 Å². The molecule has 1 aromatic rings. The van der Waals surface area contributed by atoms with Gasteiger partial charge in [-0.1, -0.05) is 6.07 Å². The lowest BCUT2D eigenvalue weighted by atomic mass is 10.1. The molecule has 2 N–H and O–H groups in total. The van der Waals surface area contributed by atoms with E-state index in [1.165, 1.54) is 11.3 Å². The fourth-order valence-electron chi connectivity index (χ4n) is 1.87. The lowest BCUT2D eigenvalue weighted by Gasteiger charge is -2.10. The molecule has 1 amide bonds. The highest BCUT2D eigenvalue weighted by atomic mass is 35.5. The molecule has 0 aromatic carbocycles. The smallest absolute Gasteiger partial charge is 0.220 e. The number of Topliss-reactive ketones (excluding diaryl/α,β-unsaturated/α-hetero) is 1. The van der Waals surface area contributed by atoms with Crippen molar-refractivity contribution in [2.45, 2.75) is 25.3 Å². The van der Waals surface area contributed by atoms with Gasteiger partial charge in [-0.25, -0.2) is 0 Å². The maximum atomic E-state index is 11.7. The van der Waals surface area contributed by atoms with Crippen LogP contribution in [0.5, 0.6) is 0 Å². The third-order valence-corrected chi connectivity index (χ3v) is 3.71. The van der Waals surface area contributed by atoms with Crippen LogP contribution >= 0.6 is 23.7 Å². The van der Waals surface area contributed by atoms with Crippen LogP contribution < -0.4 is 10.6 Å². The molecule has 0 aliphatic carbocycles. The summed E-state index contributed by atoms with van der Waals surface area (Å²) in [6.07, 6.45) is 1.56. The molecule has 4 nitrogen and oxygen atoms in total. The van der Waals surface area contributed by atoms with E-state index in [9.17, 15) is 9.59 Å². The van der Waals surface area contributed by atoms with E-state index in [2.05, 4.69) is 10.6 Å². The van der Waals surface area contributed by atoms with Crippen molar-refractivity contribution >= 4 is 35.4 Å². The van der Waals surface area contributed by atoms with Crippen molar-refractivity contribution in [3.63, 3.8) is 0 Å². The molecule has 1 aromatic heterocycles. The van der Waals surface area contributed by atoms with Crippen LogP contribution in [0.15, 0.2) is 17.5 Å². The third kappa shape index (κ3) is 4.40. The molecule has 0 radical (unpaired) electrons. The molecule has 0 spiro atoms. The molecule has 1 unspecified atom stereocenters. The first-order chi connectivity index (χ1) is 8.25. The van der Waals surface area contributed by atoms with E-state index < -0.39 is 0 Å². The van der Waals surface area contributed by atoms with E-state index in [0.717, 1.165) is 24.4 Å². The van der Waals surface area contributed by atoms with Gasteiger partial charge in [-0.15, -0.1) is 23.7 Å². The fourth-order valence-corrected chi connectivity index (χ4v) is 2.56. The van der Waals surface area contributed by atoms with Gasteiger partial charge in [-0.05, 0) is 24.4 Å². The van der Waals surface area contributed by atoms with Gasteiger partial charge in [0, 0.05) is 25.4 Å². The predicted molar refractivity (Wildman–Crippen MR) is 74.5 cm³/mol. The van der Waals surface area contributed by atoms with E-state index in [1.54, 1.807) is 6.07 Å². The van der Waals surface area contributed by atoms with Gasteiger partial charge < -0.3 is 10.6 Å². The minimum Gasteiger partial charge on any atom is -0.352 e. The van der Waals surface area contributed by atoms with Crippen molar-refractivity contribution in [1.82, 2.24) is 10.6 Å². The quantitative estimate of drug-likeness (QED) is 0.810. The molecule has 18 heavy (non-hydrogen) atoms. The highest BCUT2D eigenvalue weighted by molar-refractivity contribution is 7.12. The summed E-state index contributed by atoms with van der Waals surface area (Å²) in [6.45, 7) is 1.80. The Morgan fingerprint density at radius 2 is 2.28 bits per heavy atom. The van der Waals surface area contributed by atoms with Gasteiger partial charge in [0.15, 0.2) is 5.78 Å². The van der Waals surface area contributed by atoms with Crippen LogP contribution in [0.25, 0.3) is 0 Å². The van der Waals surface area contributed by atoms with E-state index in [1.807, 2.05) is 11.4 Å². The summed E-state index contributed by atoms with van der Waals surface area (Å²) in [5, 5.41) is 7.99. The molecule has 0 bridgehead atoms. The van der Waals surface area contributed by atoms with Crippen LogP contribution in [0.3, 0.4) is 0 Å². The molecule has 2 rings (SSSR count). The van der Waals surface area contributed by atoms with Crippen LogP contribution in [0, 0.1) is 0 Å². The van der Waals surface area contributed by atoms with E-state index in [-0.39, 0.29) is 36.6 Å². The van der Waals surface area contributed by atoms with Crippen LogP contribution in [0.1, 0.15) is 28.9 Å². The topological polar surface area (TPSA) is 58.2 Å². The maximum Gasteiger partial charge on any atom is 0.220 e. The molecular weight excluding hydrogens is 272 g/mol. The van der Waals surface area contributed by atoms with Crippen LogP contribution in [0.2, 0.25) is 0 Å². The Morgan fingerprint density at radius 1 is 1.44 bits per heavy atom. The monoisotopic (exact) mass is 288 g/mol. The zero-order valence-corrected chi connectivity index (χ0v) is 11.6. The Labute approximate surface area is 117 Å². The number of carbonyl (C=O) groups excluding carboxylic acids is 2. The molecule has 1 aliphatic rings. The number of amides is 1. The van der Waals surface area contributed by atoms with Crippen molar-refractivity contribution < 1.29 is 9.59 Å². The van der Waals surface area contributed by atoms with Crippen molar-refractivity contribution in [2.75, 3.05) is 13.1 Å². The highest BCUT2D eigenvalue weighted by Crippen LogP contribution is 2.12. The summed E-state index contributed by atoms with van der Waals surface area (Å²) in [5.41, 5.74) is 0. The number of halogens is 1. The standard InChI is InChI=1S/C12H16N2O2S.ClH/c15-10(11-2-1-7-17-11)3-4-12(16)14-9-5-6-13-8-9;/h1-2,7,9,13H,3-6,8H2,(H,14,16);1H. The normalized spacial score (nSPS) is 18.1. The molecule has 6 heteroatoms. The Balaban J connectivity index is 0.00000162. The maximum absolute atomic E-state index is 11.7. The Kier molecular flexibility index (Phi) is 6.32. The number of ketones is 1. The van der Waals surface area contributed by atoms with Gasteiger partial charge in [0.1, 0.15) is 0 Å². The summed E-state index contributed by atoms with van der Waals surface area (Å²) in [5.74, 6) is 0.0308. The number of hydrogen-bond donors (Lipinski definition) is 2. The summed E-state index contributed by atoms with van der Waals surface area (Å²) >= 11 is 1.42. The third-order valence-electron chi connectivity index (χ3n) is 2.80. The molecule has 1 aliphatic heterocycles. The van der Waals surface area contributed by atoms with Gasteiger partial charge >= 0.3 is 0 Å². The molecule has 2 heterocycles. The molecule has 1 saturated heterocycles. The van der Waals surface area contributed by atoms with Gasteiger partial charge in [-0.3, -0.25) is 9.59 Å². The Hall–Kier alpha value is -0.910. The van der Waals surface area contributed by atoms with Crippen molar-refractivity contribution in [2.24, 2.45) is 0 Å². The summed E-state index contributed by atoms with van der Waals surface area (Å²) < 4.78 is 0. The second-order valence-electron chi connectivity index (χ2n) is 4.16. The molecule has 1 fully saturated rings. The zero-order valence-electron chi connectivity index (χ0n) is 9.98. The average Bonchev–Trinajstić information content (AvgIpc) is 2.97. The number of nitrogens with one attached hydrogen (secondary N) is 2. The number of rotatable bonds is 5. The number of carbonyl (C=O) groups is 2. The van der Waals surface area contributed by atoms with Gasteiger partial charge in [-0.2, -0.15) is 0 Å². The SMILES string of the molecule is Cl.O=C(CCC(=O)c1cccs1)NC1CCNC1. The van der Waals surface area contributed by atoms with Crippen molar-refractivity contribution in [3.05, 3.63) is 22.4 Å². The second-order valence-corrected chi connectivity index (χ2v) is 5.11. The van der Waals surface area contributed by atoms with Crippen molar-refractivity contribution in [1.29, 1.82) is 0 Å². The van der Waals surface area contributed by atoms with Crippen LogP contribution in [0.4, 0.5) is 0 Å². The van der Waals surface area contributed by atoms with E-state index in [4.69, 9.17) is 0 Å². The van der Waals surface area contributed by atoms with Gasteiger partial charge in [0.25, 0.3) is 0 Å². The molecule has 0 saturated carbocycles. The first-order valence-electron chi connectivity index (χ1n) is 5.82. The largest absolute Gasteiger partial charge is 0.352 e. The highest BCUT2D eigenvalue weighted by Gasteiger charge is 2.17. The zero-order chi connectivity index (χ0) is 12.1. The van der Waals surface area contributed by atoms with E-state index >= 15 is 0 Å². The van der Waals surface area contributed by atoms with Crippen molar-refractivity contribution in [3.8, 4) is 0 Å². The molecule has 1 atom stereocenters. The molecular formula is C12H17ClN2O2S. The Bertz CT molecular complexity index is 389. The lowest BCUT2D eigenvalue weighted by molar-refractivity contribution is -0.121. The van der Waals surface area contributed by atoms with Gasteiger partial charge in [0.05, 0.1) is 4.88 Å². The predicted octanol–water partition coefficient (Wildman–Crippen LogP) is 1.61. The Morgan fingerprint density at radius 3 is 2.89 bits per heavy atom. The van der Waals surface area contributed by atoms with Crippen LogP contribution in [-0.4, -0.2) is 30.8 Å². The minimum absolute atomic E-state index is 0. The second kappa shape index (κ2) is 7.51. The lowest BCUT2D eigenvalue weighted by Crippen LogP contribution is -2.36. The average molecular weight is 289 g/mol. The molecule has 100 valence electrons. The summed E-state index contributed by atoms with van der Waals surface area (Å²) in [6, 6.07) is 3.88. The minimum atomic E-state index is -0.0244. The van der Waals surface area contributed by atoms with Crippen LogP contribution in [-0.2, 0) is 4.79 Å². The fraction of sp³-hybridized carbons (Fsp3) is 0.500. The first-order valence-corrected chi connectivity index (χ1v) is 6.70. The summed E-state index contributed by atoms with van der Waals surface area (Å²) in [7, 11) is 0.